The standard InChI is InChI=1S/C14H29NO/c1-11(2)9-14(7-5-6-8-14)10-15-12(3)13(4)16/h11-13,15-16H,5-10H2,1-4H3. The quantitative estimate of drug-likeness (QED) is 0.731. The summed E-state index contributed by atoms with van der Waals surface area (Å²) < 4.78 is 0. The molecular formula is C14H29NO. The minimum atomic E-state index is -0.252. The van der Waals surface area contributed by atoms with Crippen molar-refractivity contribution in [2.75, 3.05) is 6.54 Å². The van der Waals surface area contributed by atoms with Gasteiger partial charge in [-0.05, 0) is 44.4 Å². The molecule has 0 amide bonds. The Hall–Kier alpha value is -0.0800. The van der Waals surface area contributed by atoms with Crippen LogP contribution in [0.15, 0.2) is 0 Å². The molecule has 1 aliphatic rings. The van der Waals surface area contributed by atoms with Gasteiger partial charge in [-0.2, -0.15) is 0 Å². The van der Waals surface area contributed by atoms with E-state index < -0.39 is 0 Å². The summed E-state index contributed by atoms with van der Waals surface area (Å²) >= 11 is 0. The lowest BCUT2D eigenvalue weighted by atomic mass is 9.78. The predicted molar refractivity (Wildman–Crippen MR) is 69.5 cm³/mol. The lowest BCUT2D eigenvalue weighted by molar-refractivity contribution is 0.135. The molecule has 0 radical (unpaired) electrons. The average Bonchev–Trinajstić information content (AvgIpc) is 2.62. The van der Waals surface area contributed by atoms with Crippen LogP contribution in [0.25, 0.3) is 0 Å². The van der Waals surface area contributed by atoms with Crippen LogP contribution >= 0.6 is 0 Å². The van der Waals surface area contributed by atoms with Gasteiger partial charge in [0.15, 0.2) is 0 Å². The van der Waals surface area contributed by atoms with Crippen molar-refractivity contribution >= 4 is 0 Å². The Bertz CT molecular complexity index is 195. The highest BCUT2D eigenvalue weighted by atomic mass is 16.3. The first kappa shape index (κ1) is 14.0. The molecule has 1 fully saturated rings. The van der Waals surface area contributed by atoms with Gasteiger partial charge in [0.25, 0.3) is 0 Å². The van der Waals surface area contributed by atoms with Gasteiger partial charge in [0.1, 0.15) is 0 Å². The molecule has 1 saturated carbocycles. The Labute approximate surface area is 101 Å². The largest absolute Gasteiger partial charge is 0.392 e. The molecule has 0 aliphatic heterocycles. The van der Waals surface area contributed by atoms with Crippen LogP contribution in [0.3, 0.4) is 0 Å². The van der Waals surface area contributed by atoms with Crippen molar-refractivity contribution in [3.05, 3.63) is 0 Å². The van der Waals surface area contributed by atoms with E-state index in [1.165, 1.54) is 32.1 Å². The molecule has 0 heterocycles. The van der Waals surface area contributed by atoms with E-state index in [0.29, 0.717) is 5.41 Å². The van der Waals surface area contributed by atoms with Crippen molar-refractivity contribution in [3.8, 4) is 0 Å². The van der Waals surface area contributed by atoms with Gasteiger partial charge in [-0.25, -0.2) is 0 Å². The van der Waals surface area contributed by atoms with E-state index in [-0.39, 0.29) is 12.1 Å². The lowest BCUT2D eigenvalue weighted by Gasteiger charge is -2.33. The third-order valence-electron chi connectivity index (χ3n) is 4.03. The van der Waals surface area contributed by atoms with Crippen LogP contribution in [0.5, 0.6) is 0 Å². The zero-order valence-electron chi connectivity index (χ0n) is 11.4. The summed E-state index contributed by atoms with van der Waals surface area (Å²) in [5.74, 6) is 0.779. The fourth-order valence-electron chi connectivity index (χ4n) is 2.99. The molecule has 0 spiro atoms. The molecule has 2 heteroatoms. The van der Waals surface area contributed by atoms with E-state index in [1.807, 2.05) is 6.92 Å². The maximum atomic E-state index is 9.50. The predicted octanol–water partition coefficient (Wildman–Crippen LogP) is 2.95. The Morgan fingerprint density at radius 3 is 2.12 bits per heavy atom. The van der Waals surface area contributed by atoms with E-state index in [1.54, 1.807) is 0 Å². The Balaban J connectivity index is 2.45. The van der Waals surface area contributed by atoms with E-state index >= 15 is 0 Å². The summed E-state index contributed by atoms with van der Waals surface area (Å²) in [5.41, 5.74) is 0.511. The molecule has 0 aromatic heterocycles. The topological polar surface area (TPSA) is 32.3 Å². The van der Waals surface area contributed by atoms with E-state index in [9.17, 15) is 5.11 Å². The SMILES string of the molecule is CC(C)CC1(CNC(C)C(C)O)CCCC1. The summed E-state index contributed by atoms with van der Waals surface area (Å²) in [6.45, 7) is 9.65. The third-order valence-corrected chi connectivity index (χ3v) is 4.03. The van der Waals surface area contributed by atoms with Gasteiger partial charge in [-0.3, -0.25) is 0 Å². The minimum Gasteiger partial charge on any atom is -0.392 e. The highest BCUT2D eigenvalue weighted by Crippen LogP contribution is 2.42. The first-order valence-corrected chi connectivity index (χ1v) is 6.87. The second-order valence-corrected chi connectivity index (χ2v) is 6.22. The van der Waals surface area contributed by atoms with Crippen LogP contribution in [0, 0.1) is 11.3 Å². The second-order valence-electron chi connectivity index (χ2n) is 6.22. The maximum absolute atomic E-state index is 9.50. The average molecular weight is 227 g/mol. The molecule has 2 unspecified atom stereocenters. The van der Waals surface area contributed by atoms with Crippen molar-refractivity contribution in [3.63, 3.8) is 0 Å². The van der Waals surface area contributed by atoms with Crippen molar-refractivity contribution < 1.29 is 5.11 Å². The second kappa shape index (κ2) is 6.02. The summed E-state index contributed by atoms with van der Waals surface area (Å²) in [5, 5.41) is 13.0. The Kier molecular flexibility index (Phi) is 5.26. The molecule has 0 bridgehead atoms. The lowest BCUT2D eigenvalue weighted by Crippen LogP contribution is -2.42. The van der Waals surface area contributed by atoms with Crippen LogP contribution in [-0.4, -0.2) is 23.8 Å². The molecule has 1 rings (SSSR count). The summed E-state index contributed by atoms with van der Waals surface area (Å²) in [6.07, 6.45) is 6.58. The highest BCUT2D eigenvalue weighted by Gasteiger charge is 2.34. The van der Waals surface area contributed by atoms with Gasteiger partial charge < -0.3 is 10.4 Å². The molecular weight excluding hydrogens is 198 g/mol. The van der Waals surface area contributed by atoms with Crippen molar-refractivity contribution in [2.45, 2.75) is 71.9 Å². The Morgan fingerprint density at radius 2 is 1.69 bits per heavy atom. The van der Waals surface area contributed by atoms with Crippen LogP contribution < -0.4 is 5.32 Å². The molecule has 0 saturated heterocycles. The number of aliphatic hydroxyl groups excluding tert-OH is 1. The molecule has 96 valence electrons. The first-order valence-electron chi connectivity index (χ1n) is 6.87. The van der Waals surface area contributed by atoms with Crippen LogP contribution in [-0.2, 0) is 0 Å². The third kappa shape index (κ3) is 4.06. The van der Waals surface area contributed by atoms with Crippen molar-refractivity contribution in [1.82, 2.24) is 5.32 Å². The van der Waals surface area contributed by atoms with Crippen LogP contribution in [0.2, 0.25) is 0 Å². The molecule has 0 aromatic rings. The smallest absolute Gasteiger partial charge is 0.0662 e. The summed E-state index contributed by atoms with van der Waals surface area (Å²) in [7, 11) is 0. The molecule has 2 nitrogen and oxygen atoms in total. The zero-order valence-corrected chi connectivity index (χ0v) is 11.4. The molecule has 2 atom stereocenters. The van der Waals surface area contributed by atoms with E-state index in [4.69, 9.17) is 0 Å². The zero-order chi connectivity index (χ0) is 12.2. The molecule has 16 heavy (non-hydrogen) atoms. The molecule has 1 aliphatic carbocycles. The van der Waals surface area contributed by atoms with Crippen LogP contribution in [0.1, 0.15) is 59.8 Å². The fraction of sp³-hybridized carbons (Fsp3) is 1.00. The van der Waals surface area contributed by atoms with E-state index in [0.717, 1.165) is 12.5 Å². The highest BCUT2D eigenvalue weighted by molar-refractivity contribution is 4.88. The van der Waals surface area contributed by atoms with Gasteiger partial charge >= 0.3 is 0 Å². The van der Waals surface area contributed by atoms with Gasteiger partial charge in [0, 0.05) is 12.6 Å². The van der Waals surface area contributed by atoms with Gasteiger partial charge in [-0.15, -0.1) is 0 Å². The van der Waals surface area contributed by atoms with Crippen molar-refractivity contribution in [1.29, 1.82) is 0 Å². The molecule has 0 aromatic carbocycles. The number of rotatable bonds is 6. The first-order chi connectivity index (χ1) is 7.45. The normalized spacial score (nSPS) is 23.6. The number of aliphatic hydroxyl groups is 1. The Morgan fingerprint density at radius 1 is 1.12 bits per heavy atom. The number of hydrogen-bond acceptors (Lipinski definition) is 2. The summed E-state index contributed by atoms with van der Waals surface area (Å²) in [6, 6.07) is 0.213. The number of nitrogens with one attached hydrogen (secondary N) is 1. The minimum absolute atomic E-state index is 0.213. The molecule has 2 N–H and O–H groups in total. The summed E-state index contributed by atoms with van der Waals surface area (Å²) in [4.78, 5) is 0. The maximum Gasteiger partial charge on any atom is 0.0662 e. The van der Waals surface area contributed by atoms with Gasteiger partial charge in [0.05, 0.1) is 6.10 Å². The van der Waals surface area contributed by atoms with Gasteiger partial charge in [-0.1, -0.05) is 26.7 Å². The number of hydrogen-bond donors (Lipinski definition) is 2. The van der Waals surface area contributed by atoms with Gasteiger partial charge in [0.2, 0.25) is 0 Å². The van der Waals surface area contributed by atoms with Crippen LogP contribution in [0.4, 0.5) is 0 Å². The van der Waals surface area contributed by atoms with E-state index in [2.05, 4.69) is 26.1 Å². The fourth-order valence-corrected chi connectivity index (χ4v) is 2.99. The monoisotopic (exact) mass is 227 g/mol. The van der Waals surface area contributed by atoms with Crippen molar-refractivity contribution in [2.24, 2.45) is 11.3 Å².